The van der Waals surface area contributed by atoms with Gasteiger partial charge in [0.1, 0.15) is 5.75 Å². The number of ketones is 1. The quantitative estimate of drug-likeness (QED) is 0.798. The minimum atomic E-state index is -0.118. The third-order valence-corrected chi connectivity index (χ3v) is 3.59. The van der Waals surface area contributed by atoms with E-state index >= 15 is 0 Å². The lowest BCUT2D eigenvalue weighted by Gasteiger charge is -2.03. The molecule has 110 valence electrons. The fourth-order valence-corrected chi connectivity index (χ4v) is 2.34. The van der Waals surface area contributed by atoms with Crippen molar-refractivity contribution in [2.24, 2.45) is 0 Å². The molecule has 0 aliphatic rings. The number of amides is 1. The van der Waals surface area contributed by atoms with Gasteiger partial charge < -0.3 is 10.1 Å². The molecule has 1 aromatic carbocycles. The number of thiazole rings is 1. The number of Topliss-reactive ketones (excluding diaryl/α,β-unsaturated/α-hetero) is 1. The molecule has 1 amide bonds. The van der Waals surface area contributed by atoms with Crippen molar-refractivity contribution in [3.05, 3.63) is 41.4 Å². The summed E-state index contributed by atoms with van der Waals surface area (Å²) in [7, 11) is 1.58. The van der Waals surface area contributed by atoms with Crippen molar-refractivity contribution in [3.63, 3.8) is 0 Å². The van der Waals surface area contributed by atoms with Crippen LogP contribution in [0.1, 0.15) is 29.6 Å². The highest BCUT2D eigenvalue weighted by atomic mass is 32.1. The lowest BCUT2D eigenvalue weighted by atomic mass is 10.1. The number of hydrogen-bond donors (Lipinski definition) is 1. The van der Waals surface area contributed by atoms with Crippen LogP contribution in [0, 0.1) is 0 Å². The van der Waals surface area contributed by atoms with Crippen molar-refractivity contribution in [2.75, 3.05) is 12.4 Å². The molecule has 0 saturated heterocycles. The van der Waals surface area contributed by atoms with Crippen LogP contribution in [0.3, 0.4) is 0 Å². The Kier molecular flexibility index (Phi) is 5.45. The molecule has 1 aromatic heterocycles. The second-order valence-corrected chi connectivity index (χ2v) is 5.29. The Morgan fingerprint density at radius 3 is 2.62 bits per heavy atom. The summed E-state index contributed by atoms with van der Waals surface area (Å²) >= 11 is 1.37. The Morgan fingerprint density at radius 1 is 1.24 bits per heavy atom. The Balaban J connectivity index is 1.74. The summed E-state index contributed by atoms with van der Waals surface area (Å²) in [5.74, 6) is 0.626. The number of hydrogen-bond acceptors (Lipinski definition) is 5. The van der Waals surface area contributed by atoms with E-state index in [-0.39, 0.29) is 11.7 Å². The van der Waals surface area contributed by atoms with Crippen LogP contribution in [-0.2, 0) is 4.79 Å². The standard InChI is InChI=1S/C15H16N2O3S/c1-20-12-7-5-11(6-8-12)13(18)3-2-4-14(19)17-15-16-9-10-21-15/h5-10H,2-4H2,1H3,(H,16,17,19). The van der Waals surface area contributed by atoms with Crippen LogP contribution in [-0.4, -0.2) is 23.8 Å². The van der Waals surface area contributed by atoms with Crippen LogP contribution in [0.25, 0.3) is 0 Å². The second-order valence-electron chi connectivity index (χ2n) is 4.39. The zero-order valence-corrected chi connectivity index (χ0v) is 12.5. The molecule has 6 heteroatoms. The first-order valence-corrected chi connectivity index (χ1v) is 7.43. The highest BCUT2D eigenvalue weighted by Crippen LogP contribution is 2.14. The molecule has 0 atom stereocenters. The Labute approximate surface area is 127 Å². The summed E-state index contributed by atoms with van der Waals surface area (Å²) in [5.41, 5.74) is 0.635. The molecule has 21 heavy (non-hydrogen) atoms. The van der Waals surface area contributed by atoms with E-state index in [1.807, 2.05) is 0 Å². The Bertz CT molecular complexity index is 594. The number of methoxy groups -OCH3 is 1. The third kappa shape index (κ3) is 4.68. The summed E-state index contributed by atoms with van der Waals surface area (Å²) in [5, 5.41) is 5.07. The number of ether oxygens (including phenoxy) is 1. The minimum absolute atomic E-state index is 0.0275. The van der Waals surface area contributed by atoms with Crippen molar-refractivity contribution in [2.45, 2.75) is 19.3 Å². The topological polar surface area (TPSA) is 68.3 Å². The maximum atomic E-state index is 12.0. The summed E-state index contributed by atoms with van der Waals surface area (Å²) in [6, 6.07) is 6.97. The van der Waals surface area contributed by atoms with Gasteiger partial charge in [-0.05, 0) is 30.7 Å². The average molecular weight is 304 g/mol. The van der Waals surface area contributed by atoms with Crippen molar-refractivity contribution in [1.82, 2.24) is 4.98 Å². The number of nitrogens with zero attached hydrogens (tertiary/aromatic N) is 1. The number of nitrogens with one attached hydrogen (secondary N) is 1. The van der Waals surface area contributed by atoms with E-state index < -0.39 is 0 Å². The summed E-state index contributed by atoms with van der Waals surface area (Å²) in [4.78, 5) is 27.6. The largest absolute Gasteiger partial charge is 0.497 e. The van der Waals surface area contributed by atoms with E-state index in [4.69, 9.17) is 4.74 Å². The predicted molar refractivity (Wildman–Crippen MR) is 81.9 cm³/mol. The molecule has 0 bridgehead atoms. The SMILES string of the molecule is COc1ccc(C(=O)CCCC(=O)Nc2nccs2)cc1. The molecular weight excluding hydrogens is 288 g/mol. The second kappa shape index (κ2) is 7.54. The van der Waals surface area contributed by atoms with Gasteiger partial charge in [-0.15, -0.1) is 11.3 Å². The van der Waals surface area contributed by atoms with Crippen molar-refractivity contribution < 1.29 is 14.3 Å². The van der Waals surface area contributed by atoms with Gasteiger partial charge in [0.05, 0.1) is 7.11 Å². The van der Waals surface area contributed by atoms with Crippen LogP contribution < -0.4 is 10.1 Å². The number of carbonyl (C=O) groups is 2. The minimum Gasteiger partial charge on any atom is -0.497 e. The number of carbonyl (C=O) groups excluding carboxylic acids is 2. The molecule has 0 radical (unpaired) electrons. The first-order chi connectivity index (χ1) is 10.2. The van der Waals surface area contributed by atoms with Crippen molar-refractivity contribution in [3.8, 4) is 5.75 Å². The van der Waals surface area contributed by atoms with E-state index in [0.717, 1.165) is 5.75 Å². The summed E-state index contributed by atoms with van der Waals surface area (Å²) in [6.45, 7) is 0. The molecule has 0 saturated carbocycles. The van der Waals surface area contributed by atoms with Crippen LogP contribution in [0.4, 0.5) is 5.13 Å². The van der Waals surface area contributed by atoms with Gasteiger partial charge >= 0.3 is 0 Å². The fraction of sp³-hybridized carbons (Fsp3) is 0.267. The maximum Gasteiger partial charge on any atom is 0.226 e. The lowest BCUT2D eigenvalue weighted by molar-refractivity contribution is -0.116. The van der Waals surface area contributed by atoms with Crippen LogP contribution in [0.15, 0.2) is 35.8 Å². The highest BCUT2D eigenvalue weighted by molar-refractivity contribution is 7.13. The van der Waals surface area contributed by atoms with Gasteiger partial charge in [-0.1, -0.05) is 0 Å². The van der Waals surface area contributed by atoms with Gasteiger partial charge in [-0.2, -0.15) is 0 Å². The maximum absolute atomic E-state index is 12.0. The Morgan fingerprint density at radius 2 is 2.00 bits per heavy atom. The van der Waals surface area contributed by atoms with E-state index in [1.165, 1.54) is 11.3 Å². The molecule has 0 aliphatic heterocycles. The van der Waals surface area contributed by atoms with E-state index in [1.54, 1.807) is 43.0 Å². The molecule has 0 unspecified atom stereocenters. The molecule has 0 spiro atoms. The van der Waals surface area contributed by atoms with Crippen molar-refractivity contribution in [1.29, 1.82) is 0 Å². The summed E-state index contributed by atoms with van der Waals surface area (Å²) < 4.78 is 5.04. The number of aromatic nitrogens is 1. The highest BCUT2D eigenvalue weighted by Gasteiger charge is 2.09. The number of anilines is 1. The van der Waals surface area contributed by atoms with Crippen LogP contribution in [0.5, 0.6) is 5.75 Å². The van der Waals surface area contributed by atoms with Gasteiger partial charge in [-0.3, -0.25) is 9.59 Å². The molecule has 0 aliphatic carbocycles. The number of benzene rings is 1. The van der Waals surface area contributed by atoms with Gasteiger partial charge in [0.2, 0.25) is 5.91 Å². The van der Waals surface area contributed by atoms with Crippen LogP contribution in [0.2, 0.25) is 0 Å². The lowest BCUT2D eigenvalue weighted by Crippen LogP contribution is -2.11. The zero-order chi connectivity index (χ0) is 15.1. The van der Waals surface area contributed by atoms with Gasteiger partial charge in [0, 0.05) is 30.0 Å². The number of rotatable bonds is 7. The molecule has 2 aromatic rings. The third-order valence-electron chi connectivity index (χ3n) is 2.90. The monoisotopic (exact) mass is 304 g/mol. The first-order valence-electron chi connectivity index (χ1n) is 6.55. The fourth-order valence-electron chi connectivity index (χ4n) is 1.80. The molecule has 0 fully saturated rings. The predicted octanol–water partition coefficient (Wildman–Crippen LogP) is 3.14. The smallest absolute Gasteiger partial charge is 0.226 e. The molecule has 2 rings (SSSR count). The molecule has 1 N–H and O–H groups in total. The van der Waals surface area contributed by atoms with E-state index in [9.17, 15) is 9.59 Å². The molecular formula is C15H16N2O3S. The zero-order valence-electron chi connectivity index (χ0n) is 11.7. The average Bonchev–Trinajstić information content (AvgIpc) is 3.00. The normalized spacial score (nSPS) is 10.1. The molecule has 5 nitrogen and oxygen atoms in total. The summed E-state index contributed by atoms with van der Waals surface area (Å²) in [6.07, 6.45) is 2.80. The van der Waals surface area contributed by atoms with Crippen molar-refractivity contribution >= 4 is 28.2 Å². The first kappa shape index (κ1) is 15.2. The van der Waals surface area contributed by atoms with E-state index in [2.05, 4.69) is 10.3 Å². The Hall–Kier alpha value is -2.21. The van der Waals surface area contributed by atoms with Gasteiger partial charge in [0.15, 0.2) is 10.9 Å². The molecule has 1 heterocycles. The van der Waals surface area contributed by atoms with E-state index in [0.29, 0.717) is 30.0 Å². The van der Waals surface area contributed by atoms with Gasteiger partial charge in [-0.25, -0.2) is 4.98 Å². The van der Waals surface area contributed by atoms with Gasteiger partial charge in [0.25, 0.3) is 0 Å². The van der Waals surface area contributed by atoms with Crippen LogP contribution >= 0.6 is 11.3 Å².